The average molecular weight is 235 g/mol. The van der Waals surface area contributed by atoms with Crippen molar-refractivity contribution < 1.29 is 9.32 Å². The summed E-state index contributed by atoms with van der Waals surface area (Å²) in [7, 11) is 0. The Kier molecular flexibility index (Phi) is 2.63. The number of amides is 1. The zero-order chi connectivity index (χ0) is 11.8. The molecule has 3 heterocycles. The Balaban J connectivity index is 1.73. The Morgan fingerprint density at radius 3 is 3.24 bits per heavy atom. The number of piperidine rings is 1. The first-order chi connectivity index (χ1) is 8.25. The molecule has 2 aliphatic heterocycles. The fourth-order valence-electron chi connectivity index (χ4n) is 2.90. The van der Waals surface area contributed by atoms with Crippen LogP contribution in [0.4, 0.5) is 0 Å². The van der Waals surface area contributed by atoms with Crippen LogP contribution in [0.25, 0.3) is 0 Å². The molecular formula is C12H17N3O2. The van der Waals surface area contributed by atoms with E-state index in [1.54, 1.807) is 6.92 Å². The second-order valence-electron chi connectivity index (χ2n) is 4.96. The third-order valence-corrected chi connectivity index (χ3v) is 3.92. The zero-order valence-corrected chi connectivity index (χ0v) is 9.98. The molecule has 0 saturated carbocycles. The molecule has 1 N–H and O–H groups in total. The Morgan fingerprint density at radius 2 is 2.47 bits per heavy atom. The van der Waals surface area contributed by atoms with E-state index < -0.39 is 0 Å². The highest BCUT2D eigenvalue weighted by molar-refractivity contribution is 5.94. The molecule has 3 rings (SSSR count). The summed E-state index contributed by atoms with van der Waals surface area (Å²) in [6, 6.07) is 0.614. The second kappa shape index (κ2) is 4.14. The van der Waals surface area contributed by atoms with Gasteiger partial charge in [0.25, 0.3) is 5.91 Å². The number of likely N-dealkylation sites (tertiary alicyclic amines) is 1. The van der Waals surface area contributed by atoms with Crippen molar-refractivity contribution in [3.05, 3.63) is 17.5 Å². The maximum absolute atomic E-state index is 12.3. The number of aryl methyl sites for hydroxylation is 1. The minimum Gasteiger partial charge on any atom is -0.364 e. The number of aromatic nitrogens is 1. The van der Waals surface area contributed by atoms with Crippen molar-refractivity contribution >= 4 is 5.91 Å². The van der Waals surface area contributed by atoms with Gasteiger partial charge in [0.2, 0.25) is 0 Å². The first kappa shape index (κ1) is 10.8. The van der Waals surface area contributed by atoms with Crippen molar-refractivity contribution in [3.63, 3.8) is 0 Å². The number of rotatable bonds is 1. The van der Waals surface area contributed by atoms with Gasteiger partial charge in [-0.15, -0.1) is 0 Å². The van der Waals surface area contributed by atoms with E-state index in [1.165, 1.54) is 12.7 Å². The molecule has 0 radical (unpaired) electrons. The van der Waals surface area contributed by atoms with Gasteiger partial charge in [-0.05, 0) is 32.2 Å². The molecule has 0 spiro atoms. The second-order valence-corrected chi connectivity index (χ2v) is 4.96. The van der Waals surface area contributed by atoms with Crippen LogP contribution in [0.2, 0.25) is 0 Å². The molecule has 17 heavy (non-hydrogen) atoms. The average Bonchev–Trinajstić information content (AvgIpc) is 2.95. The van der Waals surface area contributed by atoms with Crippen molar-refractivity contribution in [2.24, 2.45) is 5.92 Å². The molecule has 2 unspecified atom stereocenters. The molecule has 0 bridgehead atoms. The minimum atomic E-state index is 0.0640. The minimum absolute atomic E-state index is 0.0640. The van der Waals surface area contributed by atoms with E-state index in [4.69, 9.17) is 4.52 Å². The van der Waals surface area contributed by atoms with Gasteiger partial charge in [0.1, 0.15) is 11.8 Å². The number of nitrogens with zero attached hydrogens (tertiary/aromatic N) is 2. The number of nitrogens with one attached hydrogen (secondary N) is 1. The molecule has 2 fully saturated rings. The monoisotopic (exact) mass is 235 g/mol. The smallest absolute Gasteiger partial charge is 0.259 e. The lowest BCUT2D eigenvalue weighted by atomic mass is 9.93. The van der Waals surface area contributed by atoms with Gasteiger partial charge >= 0.3 is 0 Å². The Hall–Kier alpha value is -1.36. The molecule has 2 atom stereocenters. The summed E-state index contributed by atoms with van der Waals surface area (Å²) in [5.74, 6) is 0.682. The third kappa shape index (κ3) is 1.84. The summed E-state index contributed by atoms with van der Waals surface area (Å²) in [6.45, 7) is 4.59. The summed E-state index contributed by atoms with van der Waals surface area (Å²) in [5, 5.41) is 7.26. The first-order valence-corrected chi connectivity index (χ1v) is 6.19. The lowest BCUT2D eigenvalue weighted by Gasteiger charge is -2.34. The van der Waals surface area contributed by atoms with Gasteiger partial charge in [-0.3, -0.25) is 4.79 Å². The van der Waals surface area contributed by atoms with Crippen molar-refractivity contribution in [3.8, 4) is 0 Å². The standard InChI is InChI=1S/C12H17N3O2/c1-8-10(7-17-14-8)12(16)15-5-3-11-9(6-15)2-4-13-11/h7,9,11,13H,2-6H2,1H3. The van der Waals surface area contributed by atoms with Crippen LogP contribution in [0, 0.1) is 12.8 Å². The highest BCUT2D eigenvalue weighted by Gasteiger charge is 2.35. The number of fused-ring (bicyclic) bond motifs is 1. The summed E-state index contributed by atoms with van der Waals surface area (Å²) in [5.41, 5.74) is 1.29. The summed E-state index contributed by atoms with van der Waals surface area (Å²) >= 11 is 0. The van der Waals surface area contributed by atoms with Crippen LogP contribution in [0.15, 0.2) is 10.8 Å². The number of carbonyl (C=O) groups is 1. The van der Waals surface area contributed by atoms with E-state index in [9.17, 15) is 4.79 Å². The van der Waals surface area contributed by atoms with Crippen LogP contribution >= 0.6 is 0 Å². The van der Waals surface area contributed by atoms with E-state index in [2.05, 4.69) is 10.5 Å². The molecule has 1 aromatic rings. The summed E-state index contributed by atoms with van der Waals surface area (Å²) in [6.07, 6.45) is 3.69. The van der Waals surface area contributed by atoms with E-state index >= 15 is 0 Å². The first-order valence-electron chi connectivity index (χ1n) is 6.19. The number of hydrogen-bond acceptors (Lipinski definition) is 4. The predicted octanol–water partition coefficient (Wildman–Crippen LogP) is 0.807. The predicted molar refractivity (Wildman–Crippen MR) is 61.7 cm³/mol. The highest BCUT2D eigenvalue weighted by atomic mass is 16.5. The molecule has 0 aromatic carbocycles. The van der Waals surface area contributed by atoms with Crippen LogP contribution in [-0.2, 0) is 0 Å². The highest BCUT2D eigenvalue weighted by Crippen LogP contribution is 2.25. The molecular weight excluding hydrogens is 218 g/mol. The molecule has 5 heteroatoms. The Morgan fingerprint density at radius 1 is 1.59 bits per heavy atom. The van der Waals surface area contributed by atoms with Crippen LogP contribution < -0.4 is 5.32 Å². The Labute approximate surface area is 100 Å². The molecule has 5 nitrogen and oxygen atoms in total. The van der Waals surface area contributed by atoms with Crippen molar-refractivity contribution in [1.29, 1.82) is 0 Å². The zero-order valence-electron chi connectivity index (χ0n) is 9.98. The lowest BCUT2D eigenvalue weighted by molar-refractivity contribution is 0.0660. The fourth-order valence-corrected chi connectivity index (χ4v) is 2.90. The molecule has 0 aliphatic carbocycles. The van der Waals surface area contributed by atoms with Crippen LogP contribution in [0.1, 0.15) is 28.9 Å². The maximum atomic E-state index is 12.3. The van der Waals surface area contributed by atoms with Gasteiger partial charge in [0.15, 0.2) is 0 Å². The molecule has 2 aliphatic rings. The normalized spacial score (nSPS) is 28.2. The third-order valence-electron chi connectivity index (χ3n) is 3.92. The van der Waals surface area contributed by atoms with Crippen molar-refractivity contribution in [2.75, 3.05) is 19.6 Å². The SMILES string of the molecule is Cc1nocc1C(=O)N1CCC2NCCC2C1. The molecule has 1 aromatic heterocycles. The number of carbonyl (C=O) groups excluding carboxylic acids is 1. The van der Waals surface area contributed by atoms with Gasteiger partial charge in [-0.25, -0.2) is 0 Å². The fraction of sp³-hybridized carbons (Fsp3) is 0.667. The summed E-state index contributed by atoms with van der Waals surface area (Å²) < 4.78 is 4.83. The van der Waals surface area contributed by atoms with E-state index in [-0.39, 0.29) is 5.91 Å². The van der Waals surface area contributed by atoms with Crippen LogP contribution in [0.5, 0.6) is 0 Å². The van der Waals surface area contributed by atoms with Gasteiger partial charge < -0.3 is 14.7 Å². The lowest BCUT2D eigenvalue weighted by Crippen LogP contribution is -2.46. The van der Waals surface area contributed by atoms with Gasteiger partial charge in [0.05, 0.1) is 5.69 Å². The van der Waals surface area contributed by atoms with Crippen LogP contribution in [0.3, 0.4) is 0 Å². The molecule has 2 saturated heterocycles. The topological polar surface area (TPSA) is 58.4 Å². The maximum Gasteiger partial charge on any atom is 0.259 e. The molecule has 1 amide bonds. The van der Waals surface area contributed by atoms with E-state index in [1.807, 2.05) is 4.90 Å². The van der Waals surface area contributed by atoms with E-state index in [0.717, 1.165) is 26.1 Å². The van der Waals surface area contributed by atoms with Gasteiger partial charge in [-0.1, -0.05) is 5.16 Å². The number of hydrogen-bond donors (Lipinski definition) is 1. The Bertz CT molecular complexity index is 429. The largest absolute Gasteiger partial charge is 0.364 e. The van der Waals surface area contributed by atoms with Crippen LogP contribution in [-0.4, -0.2) is 41.6 Å². The summed E-state index contributed by atoms with van der Waals surface area (Å²) in [4.78, 5) is 14.2. The van der Waals surface area contributed by atoms with Gasteiger partial charge in [0, 0.05) is 19.1 Å². The van der Waals surface area contributed by atoms with Crippen molar-refractivity contribution in [2.45, 2.75) is 25.8 Å². The molecule has 92 valence electrons. The van der Waals surface area contributed by atoms with E-state index in [0.29, 0.717) is 23.2 Å². The van der Waals surface area contributed by atoms with Crippen molar-refractivity contribution in [1.82, 2.24) is 15.4 Å². The quantitative estimate of drug-likeness (QED) is 0.782. The van der Waals surface area contributed by atoms with Gasteiger partial charge in [-0.2, -0.15) is 0 Å².